The Morgan fingerprint density at radius 3 is 1.62 bits per heavy atom. The molecule has 1 amide bonds. The number of para-hydroxylation sites is 1. The molecule has 1 aromatic rings. The maximum Gasteiger partial charge on any atom is 0.337 e. The topological polar surface area (TPSA) is 185 Å². The van der Waals surface area contributed by atoms with Crippen molar-refractivity contribution >= 4 is 35.5 Å². The van der Waals surface area contributed by atoms with E-state index in [-0.39, 0.29) is 24.3 Å². The van der Waals surface area contributed by atoms with Crippen LogP contribution in [0.3, 0.4) is 0 Å². The molecule has 0 unspecified atom stereocenters. The van der Waals surface area contributed by atoms with Crippen LogP contribution in [0.1, 0.15) is 10.4 Å². The number of carboxylic acid groups (broad SMARTS) is 4. The van der Waals surface area contributed by atoms with Gasteiger partial charge in [0.05, 0.1) is 37.4 Å². The standard InChI is InChI=1S/C17H21N3O9/c21-13(18-12-4-2-1-3-11(12)17(28)29)7-19(8-14(22)23)5-6-20(9-15(24)25)10-16(26)27/h1-4H,5-10H2,(H,18,21)(H,22,23)(H,24,25)(H,26,27)(H,28,29). The van der Waals surface area contributed by atoms with E-state index in [9.17, 15) is 24.0 Å². The Morgan fingerprint density at radius 2 is 1.17 bits per heavy atom. The molecule has 0 saturated carbocycles. The fourth-order valence-electron chi connectivity index (χ4n) is 2.46. The van der Waals surface area contributed by atoms with Gasteiger partial charge in [-0.2, -0.15) is 0 Å². The number of nitrogens with zero attached hydrogens (tertiary/aromatic N) is 2. The lowest BCUT2D eigenvalue weighted by molar-refractivity contribution is -0.143. The lowest BCUT2D eigenvalue weighted by atomic mass is 10.2. The molecular weight excluding hydrogens is 390 g/mol. The Hall–Kier alpha value is -3.51. The summed E-state index contributed by atoms with van der Waals surface area (Å²) in [5, 5.41) is 38.2. The predicted octanol–water partition coefficient (Wildman–Crippen LogP) is -0.819. The van der Waals surface area contributed by atoms with E-state index in [4.69, 9.17) is 20.4 Å². The van der Waals surface area contributed by atoms with E-state index in [1.54, 1.807) is 0 Å². The highest BCUT2D eigenvalue weighted by molar-refractivity contribution is 6.01. The van der Waals surface area contributed by atoms with E-state index in [0.717, 1.165) is 4.90 Å². The predicted molar refractivity (Wildman–Crippen MR) is 97.8 cm³/mol. The smallest absolute Gasteiger partial charge is 0.337 e. The van der Waals surface area contributed by atoms with Gasteiger partial charge in [0.25, 0.3) is 0 Å². The second-order valence-corrected chi connectivity index (χ2v) is 6.00. The Morgan fingerprint density at radius 1 is 0.724 bits per heavy atom. The van der Waals surface area contributed by atoms with Crippen molar-refractivity contribution < 1.29 is 44.4 Å². The minimum absolute atomic E-state index is 0.0404. The van der Waals surface area contributed by atoms with E-state index in [0.29, 0.717) is 0 Å². The second kappa shape index (κ2) is 11.4. The number of anilines is 1. The second-order valence-electron chi connectivity index (χ2n) is 6.00. The van der Waals surface area contributed by atoms with Crippen molar-refractivity contribution in [1.29, 1.82) is 0 Å². The monoisotopic (exact) mass is 411 g/mol. The van der Waals surface area contributed by atoms with Crippen LogP contribution in [0, 0.1) is 0 Å². The number of hydrogen-bond donors (Lipinski definition) is 5. The summed E-state index contributed by atoms with van der Waals surface area (Å²) in [5.41, 5.74) is -0.0987. The zero-order valence-corrected chi connectivity index (χ0v) is 15.3. The van der Waals surface area contributed by atoms with Gasteiger partial charge < -0.3 is 25.7 Å². The van der Waals surface area contributed by atoms with Crippen molar-refractivity contribution in [2.45, 2.75) is 0 Å². The normalized spacial score (nSPS) is 10.7. The number of amides is 1. The van der Waals surface area contributed by atoms with Gasteiger partial charge in [-0.1, -0.05) is 12.1 Å². The summed E-state index contributed by atoms with van der Waals surface area (Å²) in [5.74, 6) is -5.67. The molecule has 5 N–H and O–H groups in total. The molecule has 0 saturated heterocycles. The van der Waals surface area contributed by atoms with E-state index in [1.165, 1.54) is 29.2 Å². The lowest BCUT2D eigenvalue weighted by Gasteiger charge is -2.24. The molecule has 158 valence electrons. The van der Waals surface area contributed by atoms with Gasteiger partial charge in [0.1, 0.15) is 0 Å². The maximum absolute atomic E-state index is 12.2. The minimum Gasteiger partial charge on any atom is -0.480 e. The largest absolute Gasteiger partial charge is 0.480 e. The van der Waals surface area contributed by atoms with Crippen molar-refractivity contribution in [3.8, 4) is 0 Å². The Kier molecular flexibility index (Phi) is 9.22. The van der Waals surface area contributed by atoms with Gasteiger partial charge in [0, 0.05) is 13.1 Å². The first kappa shape index (κ1) is 23.5. The van der Waals surface area contributed by atoms with Crippen LogP contribution in [0.2, 0.25) is 0 Å². The average Bonchev–Trinajstić information content (AvgIpc) is 2.58. The molecule has 0 radical (unpaired) electrons. The highest BCUT2D eigenvalue weighted by Crippen LogP contribution is 2.14. The van der Waals surface area contributed by atoms with Crippen LogP contribution in [0.4, 0.5) is 5.69 Å². The molecule has 0 heterocycles. The van der Waals surface area contributed by atoms with E-state index in [2.05, 4.69) is 5.32 Å². The molecular formula is C17H21N3O9. The van der Waals surface area contributed by atoms with Crippen molar-refractivity contribution in [2.75, 3.05) is 44.6 Å². The van der Waals surface area contributed by atoms with Crippen LogP contribution in [-0.2, 0) is 19.2 Å². The van der Waals surface area contributed by atoms with Gasteiger partial charge >= 0.3 is 23.9 Å². The molecule has 1 rings (SSSR count). The third kappa shape index (κ3) is 9.30. The molecule has 0 atom stereocenters. The van der Waals surface area contributed by atoms with Crippen LogP contribution in [0.15, 0.2) is 24.3 Å². The van der Waals surface area contributed by atoms with E-state index in [1.807, 2.05) is 0 Å². The molecule has 0 spiro atoms. The average molecular weight is 411 g/mol. The van der Waals surface area contributed by atoms with E-state index < -0.39 is 56.0 Å². The number of rotatable bonds is 13. The van der Waals surface area contributed by atoms with Gasteiger partial charge in [0.15, 0.2) is 0 Å². The molecule has 0 aliphatic rings. The summed E-state index contributed by atoms with van der Waals surface area (Å²) in [6.45, 7) is -2.31. The molecule has 0 bridgehead atoms. The first-order chi connectivity index (χ1) is 13.6. The summed E-state index contributed by atoms with van der Waals surface area (Å²) in [4.78, 5) is 58.4. The first-order valence-corrected chi connectivity index (χ1v) is 8.30. The van der Waals surface area contributed by atoms with Gasteiger partial charge in [-0.3, -0.25) is 29.0 Å². The third-order valence-corrected chi connectivity index (χ3v) is 3.61. The number of carbonyl (C=O) groups is 5. The highest BCUT2D eigenvalue weighted by atomic mass is 16.4. The molecule has 0 fully saturated rings. The van der Waals surface area contributed by atoms with Crippen LogP contribution in [0.25, 0.3) is 0 Å². The maximum atomic E-state index is 12.2. The Bertz CT molecular complexity index is 765. The Balaban J connectivity index is 2.78. The van der Waals surface area contributed by atoms with E-state index >= 15 is 0 Å². The molecule has 12 heteroatoms. The molecule has 12 nitrogen and oxygen atoms in total. The van der Waals surface area contributed by atoms with Crippen molar-refractivity contribution in [1.82, 2.24) is 9.80 Å². The molecule has 29 heavy (non-hydrogen) atoms. The molecule has 1 aromatic carbocycles. The fourth-order valence-corrected chi connectivity index (χ4v) is 2.46. The summed E-state index contributed by atoms with van der Waals surface area (Å²) in [7, 11) is 0. The summed E-state index contributed by atoms with van der Waals surface area (Å²) in [6, 6.07) is 5.68. The van der Waals surface area contributed by atoms with Crippen LogP contribution in [0.5, 0.6) is 0 Å². The number of benzene rings is 1. The lowest BCUT2D eigenvalue weighted by Crippen LogP contribution is -2.44. The quantitative estimate of drug-likeness (QED) is 0.273. The molecule has 0 aliphatic heterocycles. The number of hydrogen-bond acceptors (Lipinski definition) is 7. The number of carbonyl (C=O) groups excluding carboxylic acids is 1. The summed E-state index contributed by atoms with van der Waals surface area (Å²) in [6.07, 6.45) is 0. The van der Waals surface area contributed by atoms with Gasteiger partial charge in [-0.25, -0.2) is 4.79 Å². The van der Waals surface area contributed by atoms with Crippen LogP contribution >= 0.6 is 0 Å². The number of aromatic carboxylic acids is 1. The van der Waals surface area contributed by atoms with Crippen LogP contribution < -0.4 is 5.32 Å². The first-order valence-electron chi connectivity index (χ1n) is 8.30. The number of aliphatic carboxylic acids is 3. The third-order valence-electron chi connectivity index (χ3n) is 3.61. The summed E-state index contributed by atoms with van der Waals surface area (Å²) < 4.78 is 0. The summed E-state index contributed by atoms with van der Waals surface area (Å²) >= 11 is 0. The number of nitrogens with one attached hydrogen (secondary N) is 1. The SMILES string of the molecule is O=C(O)CN(CCN(CC(=O)O)CC(=O)Nc1ccccc1C(=O)O)CC(=O)O. The zero-order valence-electron chi connectivity index (χ0n) is 15.3. The van der Waals surface area contributed by atoms with Crippen molar-refractivity contribution in [3.63, 3.8) is 0 Å². The fraction of sp³-hybridized carbons (Fsp3) is 0.353. The minimum atomic E-state index is -1.25. The molecule has 0 aromatic heterocycles. The van der Waals surface area contributed by atoms with Crippen molar-refractivity contribution in [2.24, 2.45) is 0 Å². The highest BCUT2D eigenvalue weighted by Gasteiger charge is 2.19. The van der Waals surface area contributed by atoms with Crippen LogP contribution in [-0.4, -0.2) is 99.3 Å². The van der Waals surface area contributed by atoms with Gasteiger partial charge in [-0.05, 0) is 12.1 Å². The zero-order chi connectivity index (χ0) is 22.0. The number of carboxylic acids is 4. The Labute approximate surface area is 164 Å². The van der Waals surface area contributed by atoms with Crippen molar-refractivity contribution in [3.05, 3.63) is 29.8 Å². The van der Waals surface area contributed by atoms with Gasteiger partial charge in [-0.15, -0.1) is 0 Å². The molecule has 0 aliphatic carbocycles. The van der Waals surface area contributed by atoms with Gasteiger partial charge in [0.2, 0.25) is 5.91 Å².